The molecule has 1 aliphatic rings. The molecule has 1 N–H and O–H groups in total. The lowest BCUT2D eigenvalue weighted by atomic mass is 9.97. The Morgan fingerprint density at radius 3 is 2.80 bits per heavy atom. The van der Waals surface area contributed by atoms with Gasteiger partial charge in [0.2, 0.25) is 0 Å². The first-order valence-corrected chi connectivity index (χ1v) is 7.69. The maximum absolute atomic E-state index is 4.26. The predicted octanol–water partition coefficient (Wildman–Crippen LogP) is 0.577. The monoisotopic (exact) mass is 279 g/mol. The van der Waals surface area contributed by atoms with Crippen LogP contribution in [-0.4, -0.2) is 71.9 Å². The Labute approximate surface area is 122 Å². The normalized spacial score (nSPS) is 23.1. The number of aryl methyl sites for hydroxylation is 2. The summed E-state index contributed by atoms with van der Waals surface area (Å²) >= 11 is 0. The third-order valence-electron chi connectivity index (χ3n) is 4.33. The van der Waals surface area contributed by atoms with Crippen LogP contribution in [0.1, 0.15) is 18.9 Å². The summed E-state index contributed by atoms with van der Waals surface area (Å²) in [6.07, 6.45) is 6.38. The summed E-state index contributed by atoms with van der Waals surface area (Å²) in [5, 5.41) is 7.94. The van der Waals surface area contributed by atoms with Gasteiger partial charge in [-0.3, -0.25) is 9.58 Å². The van der Waals surface area contributed by atoms with Crippen molar-refractivity contribution < 1.29 is 0 Å². The van der Waals surface area contributed by atoms with Crippen molar-refractivity contribution in [3.63, 3.8) is 0 Å². The molecule has 2 atom stereocenters. The average Bonchev–Trinajstić information content (AvgIpc) is 2.83. The third kappa shape index (κ3) is 4.04. The van der Waals surface area contributed by atoms with Crippen molar-refractivity contribution in [1.29, 1.82) is 0 Å². The molecule has 0 amide bonds. The van der Waals surface area contributed by atoms with Crippen molar-refractivity contribution in [1.82, 2.24) is 24.9 Å². The largest absolute Gasteiger partial charge is 0.313 e. The zero-order chi connectivity index (χ0) is 14.5. The van der Waals surface area contributed by atoms with Gasteiger partial charge < -0.3 is 10.2 Å². The van der Waals surface area contributed by atoms with E-state index in [1.165, 1.54) is 18.5 Å². The SMILES string of the molecule is CCNC(CCc1cnn(C)c1)C1CN(C)CCN1C. The molecule has 2 heterocycles. The van der Waals surface area contributed by atoms with E-state index in [9.17, 15) is 0 Å². The molecule has 20 heavy (non-hydrogen) atoms. The summed E-state index contributed by atoms with van der Waals surface area (Å²) in [6, 6.07) is 1.15. The zero-order valence-electron chi connectivity index (χ0n) is 13.3. The molecular formula is C15H29N5. The van der Waals surface area contributed by atoms with E-state index in [4.69, 9.17) is 0 Å². The Morgan fingerprint density at radius 2 is 2.15 bits per heavy atom. The highest BCUT2D eigenvalue weighted by molar-refractivity contribution is 5.04. The molecule has 114 valence electrons. The van der Waals surface area contributed by atoms with Crippen molar-refractivity contribution in [2.24, 2.45) is 7.05 Å². The van der Waals surface area contributed by atoms with E-state index in [1.54, 1.807) is 0 Å². The van der Waals surface area contributed by atoms with E-state index in [0.29, 0.717) is 12.1 Å². The summed E-state index contributed by atoms with van der Waals surface area (Å²) < 4.78 is 1.89. The van der Waals surface area contributed by atoms with Gasteiger partial charge in [-0.2, -0.15) is 5.10 Å². The zero-order valence-corrected chi connectivity index (χ0v) is 13.3. The fourth-order valence-electron chi connectivity index (χ4n) is 3.09. The lowest BCUT2D eigenvalue weighted by Gasteiger charge is -2.42. The van der Waals surface area contributed by atoms with Gasteiger partial charge in [-0.15, -0.1) is 0 Å². The van der Waals surface area contributed by atoms with Crippen LogP contribution in [-0.2, 0) is 13.5 Å². The second-order valence-corrected chi connectivity index (χ2v) is 6.04. The van der Waals surface area contributed by atoms with Gasteiger partial charge in [-0.1, -0.05) is 6.92 Å². The standard InChI is InChI=1S/C15H29N5/c1-5-16-14(7-6-13-10-17-20(4)11-13)15-12-18(2)8-9-19(15)3/h10-11,14-16H,5-9,12H2,1-4H3. The number of likely N-dealkylation sites (N-methyl/N-ethyl adjacent to an activating group) is 3. The van der Waals surface area contributed by atoms with Gasteiger partial charge in [0.15, 0.2) is 0 Å². The van der Waals surface area contributed by atoms with Gasteiger partial charge in [0, 0.05) is 45.0 Å². The second-order valence-electron chi connectivity index (χ2n) is 6.04. The lowest BCUT2D eigenvalue weighted by molar-refractivity contribution is 0.0858. The first-order chi connectivity index (χ1) is 9.60. The maximum atomic E-state index is 4.26. The number of rotatable bonds is 6. The summed E-state index contributed by atoms with van der Waals surface area (Å²) in [6.45, 7) is 6.72. The van der Waals surface area contributed by atoms with Gasteiger partial charge in [0.25, 0.3) is 0 Å². The molecule has 1 aromatic rings. The fraction of sp³-hybridized carbons (Fsp3) is 0.800. The van der Waals surface area contributed by atoms with Crippen LogP contribution in [0.2, 0.25) is 0 Å². The van der Waals surface area contributed by atoms with E-state index in [2.05, 4.69) is 47.4 Å². The summed E-state index contributed by atoms with van der Waals surface area (Å²) in [5.41, 5.74) is 1.34. The Morgan fingerprint density at radius 1 is 1.35 bits per heavy atom. The van der Waals surface area contributed by atoms with E-state index < -0.39 is 0 Å². The van der Waals surface area contributed by atoms with Crippen molar-refractivity contribution in [2.75, 3.05) is 40.3 Å². The molecule has 1 saturated heterocycles. The summed E-state index contributed by atoms with van der Waals surface area (Å²) in [4.78, 5) is 4.95. The second kappa shape index (κ2) is 7.20. The third-order valence-corrected chi connectivity index (χ3v) is 4.33. The smallest absolute Gasteiger partial charge is 0.0521 e. The predicted molar refractivity (Wildman–Crippen MR) is 82.9 cm³/mol. The van der Waals surface area contributed by atoms with Crippen LogP contribution in [0.4, 0.5) is 0 Å². The Balaban J connectivity index is 1.94. The van der Waals surface area contributed by atoms with Gasteiger partial charge >= 0.3 is 0 Å². The van der Waals surface area contributed by atoms with Crippen molar-refractivity contribution in [3.05, 3.63) is 18.0 Å². The highest BCUT2D eigenvalue weighted by Crippen LogP contribution is 2.15. The molecule has 1 aromatic heterocycles. The van der Waals surface area contributed by atoms with Gasteiger partial charge in [-0.05, 0) is 39.0 Å². The summed E-state index contributed by atoms with van der Waals surface area (Å²) in [7, 11) is 6.46. The molecule has 0 aromatic carbocycles. The Kier molecular flexibility index (Phi) is 5.57. The van der Waals surface area contributed by atoms with Crippen LogP contribution in [0.5, 0.6) is 0 Å². The molecular weight excluding hydrogens is 250 g/mol. The quantitative estimate of drug-likeness (QED) is 0.826. The number of nitrogens with zero attached hydrogens (tertiary/aromatic N) is 4. The van der Waals surface area contributed by atoms with Crippen molar-refractivity contribution in [3.8, 4) is 0 Å². The molecule has 5 heteroatoms. The van der Waals surface area contributed by atoms with Crippen molar-refractivity contribution >= 4 is 0 Å². The molecule has 0 spiro atoms. The van der Waals surface area contributed by atoms with E-state index in [1.807, 2.05) is 17.9 Å². The summed E-state index contributed by atoms with van der Waals surface area (Å²) in [5.74, 6) is 0. The minimum Gasteiger partial charge on any atom is -0.313 e. The Bertz CT molecular complexity index is 403. The molecule has 0 radical (unpaired) electrons. The molecule has 5 nitrogen and oxygen atoms in total. The fourth-order valence-corrected chi connectivity index (χ4v) is 3.09. The molecule has 0 aliphatic carbocycles. The lowest BCUT2D eigenvalue weighted by Crippen LogP contribution is -2.58. The topological polar surface area (TPSA) is 36.3 Å². The van der Waals surface area contributed by atoms with Crippen LogP contribution in [0.3, 0.4) is 0 Å². The minimum absolute atomic E-state index is 0.549. The Hall–Kier alpha value is -0.910. The molecule has 2 unspecified atom stereocenters. The molecule has 0 saturated carbocycles. The van der Waals surface area contributed by atoms with E-state index in [-0.39, 0.29) is 0 Å². The van der Waals surface area contributed by atoms with Gasteiger partial charge in [0.1, 0.15) is 0 Å². The van der Waals surface area contributed by atoms with Crippen LogP contribution in [0, 0.1) is 0 Å². The number of piperazine rings is 1. The first-order valence-electron chi connectivity index (χ1n) is 7.69. The highest BCUT2D eigenvalue weighted by Gasteiger charge is 2.29. The van der Waals surface area contributed by atoms with Crippen LogP contribution in [0.25, 0.3) is 0 Å². The molecule has 1 fully saturated rings. The highest BCUT2D eigenvalue weighted by atomic mass is 15.3. The number of hydrogen-bond acceptors (Lipinski definition) is 4. The van der Waals surface area contributed by atoms with Gasteiger partial charge in [0.05, 0.1) is 6.20 Å². The number of hydrogen-bond donors (Lipinski definition) is 1. The van der Waals surface area contributed by atoms with Crippen LogP contribution in [0.15, 0.2) is 12.4 Å². The van der Waals surface area contributed by atoms with E-state index >= 15 is 0 Å². The number of aromatic nitrogens is 2. The van der Waals surface area contributed by atoms with Crippen LogP contribution < -0.4 is 5.32 Å². The molecule has 1 aliphatic heterocycles. The van der Waals surface area contributed by atoms with Crippen LogP contribution >= 0.6 is 0 Å². The first kappa shape index (κ1) is 15.5. The molecule has 0 bridgehead atoms. The maximum Gasteiger partial charge on any atom is 0.0521 e. The minimum atomic E-state index is 0.549. The number of nitrogens with one attached hydrogen (secondary N) is 1. The average molecular weight is 279 g/mol. The van der Waals surface area contributed by atoms with E-state index in [0.717, 1.165) is 26.1 Å². The van der Waals surface area contributed by atoms with Crippen molar-refractivity contribution in [2.45, 2.75) is 31.8 Å². The molecule has 2 rings (SSSR count). The van der Waals surface area contributed by atoms with Gasteiger partial charge in [-0.25, -0.2) is 0 Å².